The van der Waals surface area contributed by atoms with Gasteiger partial charge in [-0.25, -0.2) is 4.98 Å². The van der Waals surface area contributed by atoms with E-state index in [-0.39, 0.29) is 18.2 Å². The Morgan fingerprint density at radius 2 is 1.90 bits per heavy atom. The lowest BCUT2D eigenvalue weighted by Gasteiger charge is -1.93. The van der Waals surface area contributed by atoms with Crippen molar-refractivity contribution < 1.29 is 4.79 Å². The van der Waals surface area contributed by atoms with E-state index in [0.717, 1.165) is 30.9 Å². The number of nitrogens with zero attached hydrogens (tertiary/aromatic N) is 2. The minimum Gasteiger partial charge on any atom is -0.294 e. The van der Waals surface area contributed by atoms with Crippen molar-refractivity contribution in [3.05, 3.63) is 47.2 Å². The molecule has 0 saturated heterocycles. The van der Waals surface area contributed by atoms with Gasteiger partial charge in [-0.1, -0.05) is 6.07 Å². The van der Waals surface area contributed by atoms with Crippen LogP contribution in [0.15, 0.2) is 36.7 Å². The van der Waals surface area contributed by atoms with Gasteiger partial charge in [0.2, 0.25) is 0 Å². The molecule has 0 saturated carbocycles. The highest BCUT2D eigenvalue weighted by Gasteiger charge is 2.14. The molecule has 0 aliphatic carbocycles. The Hall–Kier alpha value is -1.56. The number of aromatic nitrogens is 2. The third-order valence-corrected chi connectivity index (χ3v) is 5.44. The molecule has 3 aromatic heterocycles. The predicted octanol–water partition coefficient (Wildman–Crippen LogP) is 4.87. The molecule has 0 aromatic carbocycles. The largest absolute Gasteiger partial charge is 0.294 e. The lowest BCUT2D eigenvalue weighted by atomic mass is 10.2. The SMILES string of the molecule is CC(=O)c1sc(-c2ccc(-c3cccnc3)s2)nc1C.Cl. The fourth-order valence-electron chi connectivity index (χ4n) is 1.94. The molecule has 3 rings (SSSR count). The molecule has 0 N–H and O–H groups in total. The molecule has 0 spiro atoms. The maximum Gasteiger partial charge on any atom is 0.171 e. The van der Waals surface area contributed by atoms with Gasteiger partial charge in [-0.2, -0.15) is 0 Å². The van der Waals surface area contributed by atoms with Crippen molar-refractivity contribution in [2.24, 2.45) is 0 Å². The first-order valence-electron chi connectivity index (χ1n) is 6.14. The van der Waals surface area contributed by atoms with Crippen molar-refractivity contribution >= 4 is 40.9 Å². The lowest BCUT2D eigenvalue weighted by Crippen LogP contribution is -1.89. The van der Waals surface area contributed by atoms with Crippen LogP contribution >= 0.6 is 35.1 Å². The summed E-state index contributed by atoms with van der Waals surface area (Å²) < 4.78 is 0. The van der Waals surface area contributed by atoms with Gasteiger partial charge >= 0.3 is 0 Å². The minimum absolute atomic E-state index is 0. The van der Waals surface area contributed by atoms with Crippen molar-refractivity contribution in [3.63, 3.8) is 0 Å². The average molecular weight is 337 g/mol. The average Bonchev–Trinajstić information content (AvgIpc) is 3.06. The second-order valence-corrected chi connectivity index (χ2v) is 6.48. The van der Waals surface area contributed by atoms with Crippen LogP contribution < -0.4 is 0 Å². The van der Waals surface area contributed by atoms with E-state index < -0.39 is 0 Å². The molecule has 0 fully saturated rings. The zero-order valence-electron chi connectivity index (χ0n) is 11.5. The number of halogens is 1. The molecule has 0 atom stereocenters. The number of ketones is 1. The van der Waals surface area contributed by atoms with Crippen LogP contribution in [-0.2, 0) is 0 Å². The maximum absolute atomic E-state index is 11.5. The molecule has 0 aliphatic heterocycles. The Labute approximate surface area is 137 Å². The van der Waals surface area contributed by atoms with E-state index in [1.54, 1.807) is 24.5 Å². The fraction of sp³-hybridized carbons (Fsp3) is 0.133. The fourth-order valence-corrected chi connectivity index (χ4v) is 3.96. The van der Waals surface area contributed by atoms with E-state index in [1.165, 1.54) is 11.3 Å². The van der Waals surface area contributed by atoms with Gasteiger partial charge < -0.3 is 0 Å². The summed E-state index contributed by atoms with van der Waals surface area (Å²) in [5, 5.41) is 0.910. The maximum atomic E-state index is 11.5. The summed E-state index contributed by atoms with van der Waals surface area (Å²) in [6.45, 7) is 3.46. The molecule has 0 bridgehead atoms. The molecule has 0 amide bonds. The van der Waals surface area contributed by atoms with Gasteiger partial charge in [-0.3, -0.25) is 9.78 Å². The van der Waals surface area contributed by atoms with Crippen molar-refractivity contribution in [2.75, 3.05) is 0 Å². The van der Waals surface area contributed by atoms with Crippen LogP contribution in [0.4, 0.5) is 0 Å². The van der Waals surface area contributed by atoms with Gasteiger partial charge in [0.1, 0.15) is 5.01 Å². The molecule has 108 valence electrons. The molecule has 0 aliphatic rings. The first kappa shape index (κ1) is 15.8. The van der Waals surface area contributed by atoms with Crippen molar-refractivity contribution in [1.29, 1.82) is 0 Å². The number of Topliss-reactive ketones (excluding diaryl/α,β-unsaturated/α-hetero) is 1. The minimum atomic E-state index is 0. The van der Waals surface area contributed by atoms with Gasteiger partial charge in [0, 0.05) is 29.8 Å². The van der Waals surface area contributed by atoms with E-state index in [9.17, 15) is 4.79 Å². The van der Waals surface area contributed by atoms with Gasteiger partial charge in [0.05, 0.1) is 15.4 Å². The van der Waals surface area contributed by atoms with E-state index in [0.29, 0.717) is 0 Å². The zero-order valence-corrected chi connectivity index (χ0v) is 13.9. The zero-order chi connectivity index (χ0) is 14.1. The van der Waals surface area contributed by atoms with Crippen LogP contribution in [-0.4, -0.2) is 15.8 Å². The number of thiazole rings is 1. The molecule has 3 nitrogen and oxygen atoms in total. The summed E-state index contributed by atoms with van der Waals surface area (Å²) in [5.41, 5.74) is 1.91. The smallest absolute Gasteiger partial charge is 0.171 e. The summed E-state index contributed by atoms with van der Waals surface area (Å²) >= 11 is 3.13. The topological polar surface area (TPSA) is 42.9 Å². The van der Waals surface area contributed by atoms with Crippen molar-refractivity contribution in [2.45, 2.75) is 13.8 Å². The first-order valence-corrected chi connectivity index (χ1v) is 7.77. The second kappa shape index (κ2) is 6.47. The van der Waals surface area contributed by atoms with E-state index in [2.05, 4.69) is 22.1 Å². The number of thiophene rings is 1. The van der Waals surface area contributed by atoms with E-state index in [4.69, 9.17) is 0 Å². The quantitative estimate of drug-likeness (QED) is 0.641. The standard InChI is InChI=1S/C15H12N2OS2.ClH/c1-9-14(10(2)18)20-15(17-9)13-6-5-12(19-13)11-4-3-7-16-8-11;/h3-8H,1-2H3;1H. The van der Waals surface area contributed by atoms with Gasteiger partial charge in [-0.05, 0) is 25.1 Å². The van der Waals surface area contributed by atoms with Crippen LogP contribution in [0.1, 0.15) is 22.3 Å². The highest BCUT2D eigenvalue weighted by Crippen LogP contribution is 2.36. The first-order chi connectivity index (χ1) is 9.65. The number of rotatable bonds is 3. The monoisotopic (exact) mass is 336 g/mol. The molecular weight excluding hydrogens is 324 g/mol. The molecule has 3 heterocycles. The summed E-state index contributed by atoms with van der Waals surface area (Å²) in [6.07, 6.45) is 3.62. The molecule has 21 heavy (non-hydrogen) atoms. The number of aryl methyl sites for hydroxylation is 1. The molecule has 0 unspecified atom stereocenters. The van der Waals surface area contributed by atoms with Crippen molar-refractivity contribution in [3.8, 4) is 20.3 Å². The van der Waals surface area contributed by atoms with E-state index in [1.807, 2.05) is 25.3 Å². The summed E-state index contributed by atoms with van der Waals surface area (Å²) in [7, 11) is 0. The van der Waals surface area contributed by atoms with Crippen LogP contribution in [0.25, 0.3) is 20.3 Å². The highest BCUT2D eigenvalue weighted by atomic mass is 35.5. The normalized spacial score (nSPS) is 10.2. The predicted molar refractivity (Wildman–Crippen MR) is 90.6 cm³/mol. The third kappa shape index (κ3) is 3.20. The molecular formula is C15H13ClN2OS2. The number of carbonyl (C=O) groups excluding carboxylic acids is 1. The van der Waals surface area contributed by atoms with Crippen LogP contribution in [0.3, 0.4) is 0 Å². The Morgan fingerprint density at radius 1 is 1.14 bits per heavy atom. The van der Waals surface area contributed by atoms with E-state index >= 15 is 0 Å². The molecule has 0 radical (unpaired) electrons. The number of carbonyl (C=O) groups is 1. The van der Waals surface area contributed by atoms with Gasteiger partial charge in [0.25, 0.3) is 0 Å². The number of pyridine rings is 1. The van der Waals surface area contributed by atoms with Gasteiger partial charge in [-0.15, -0.1) is 35.1 Å². The summed E-state index contributed by atoms with van der Waals surface area (Å²) in [6, 6.07) is 8.09. The summed E-state index contributed by atoms with van der Waals surface area (Å²) in [5.74, 6) is 0.0790. The Balaban J connectivity index is 0.00000161. The second-order valence-electron chi connectivity index (χ2n) is 4.40. The molecule has 6 heteroatoms. The number of hydrogen-bond acceptors (Lipinski definition) is 5. The molecule has 3 aromatic rings. The van der Waals surface area contributed by atoms with Crippen molar-refractivity contribution in [1.82, 2.24) is 9.97 Å². The van der Waals surface area contributed by atoms with Crippen LogP contribution in [0, 0.1) is 6.92 Å². The van der Waals surface area contributed by atoms with Crippen LogP contribution in [0.5, 0.6) is 0 Å². The Morgan fingerprint density at radius 3 is 2.52 bits per heavy atom. The van der Waals surface area contributed by atoms with Crippen LogP contribution in [0.2, 0.25) is 0 Å². The number of hydrogen-bond donors (Lipinski definition) is 0. The lowest BCUT2D eigenvalue weighted by molar-refractivity contribution is 0.102. The van der Waals surface area contributed by atoms with Gasteiger partial charge in [0.15, 0.2) is 5.78 Å². The Kier molecular flexibility index (Phi) is 4.88. The Bertz CT molecular complexity index is 765. The summed E-state index contributed by atoms with van der Waals surface area (Å²) in [4.78, 5) is 23.1. The highest BCUT2D eigenvalue weighted by molar-refractivity contribution is 7.24. The third-order valence-electron chi connectivity index (χ3n) is 2.88.